The monoisotopic (exact) mass is 338 g/mol. The second kappa shape index (κ2) is 5.14. The maximum Gasteiger partial charge on any atom is 0.320 e. The zero-order chi connectivity index (χ0) is 13.2. The molecule has 0 aliphatic carbocycles. The second-order valence-electron chi connectivity index (χ2n) is 3.79. The number of hydrogen-bond acceptors (Lipinski definition) is 5. The molecular formula is C12H8BrClN4O. The maximum atomic E-state index is 5.61. The normalized spacial score (nSPS) is 10.8. The first-order valence-corrected chi connectivity index (χ1v) is 6.78. The summed E-state index contributed by atoms with van der Waals surface area (Å²) in [6.45, 7) is 0. The molecule has 0 fully saturated rings. The molecule has 0 bridgehead atoms. The average molecular weight is 340 g/mol. The van der Waals surface area contributed by atoms with Crippen LogP contribution in [-0.4, -0.2) is 15.2 Å². The smallest absolute Gasteiger partial charge is 0.320 e. The number of fused-ring (bicyclic) bond motifs is 1. The van der Waals surface area contributed by atoms with Gasteiger partial charge in [0.25, 0.3) is 0 Å². The molecule has 0 spiro atoms. The molecule has 96 valence electrons. The first-order chi connectivity index (χ1) is 9.26. The van der Waals surface area contributed by atoms with Crippen LogP contribution in [0.3, 0.4) is 0 Å². The molecule has 0 amide bonds. The van der Waals surface area contributed by atoms with Crippen molar-refractivity contribution in [1.82, 2.24) is 15.2 Å². The van der Waals surface area contributed by atoms with E-state index in [1.54, 1.807) is 6.20 Å². The summed E-state index contributed by atoms with van der Waals surface area (Å²) in [6, 6.07) is 8.10. The summed E-state index contributed by atoms with van der Waals surface area (Å²) in [6.07, 6.45) is 1.74. The molecule has 0 saturated heterocycles. The summed E-state index contributed by atoms with van der Waals surface area (Å²) >= 11 is 9.01. The van der Waals surface area contributed by atoms with Crippen molar-refractivity contribution in [2.45, 2.75) is 5.88 Å². The number of benzene rings is 1. The van der Waals surface area contributed by atoms with E-state index in [-0.39, 0.29) is 5.88 Å². The summed E-state index contributed by atoms with van der Waals surface area (Å²) in [5.41, 5.74) is 1.63. The minimum Gasteiger partial charge on any atom is -0.407 e. The Labute approximate surface area is 122 Å². The first kappa shape index (κ1) is 12.4. The van der Waals surface area contributed by atoms with Gasteiger partial charge in [0, 0.05) is 16.1 Å². The number of para-hydroxylation sites is 1. The molecule has 5 nitrogen and oxygen atoms in total. The third-order valence-corrected chi connectivity index (χ3v) is 3.16. The highest BCUT2D eigenvalue weighted by Gasteiger charge is 2.08. The number of halogens is 2. The lowest BCUT2D eigenvalue weighted by Gasteiger charge is -2.05. The van der Waals surface area contributed by atoms with Gasteiger partial charge in [-0.2, -0.15) is 0 Å². The Bertz CT molecular complexity index is 731. The molecule has 7 heteroatoms. The third kappa shape index (κ3) is 2.54. The van der Waals surface area contributed by atoms with Gasteiger partial charge in [-0.05, 0) is 28.1 Å². The fraction of sp³-hybridized carbons (Fsp3) is 0.0833. The van der Waals surface area contributed by atoms with E-state index in [0.29, 0.717) is 11.9 Å². The fourth-order valence-electron chi connectivity index (χ4n) is 1.71. The van der Waals surface area contributed by atoms with Crippen LogP contribution in [0.5, 0.6) is 0 Å². The van der Waals surface area contributed by atoms with E-state index in [1.165, 1.54) is 0 Å². The number of aromatic nitrogens is 3. The standard InChI is InChI=1S/C12H8BrClN4O/c13-8-4-7-2-1-3-9(11(7)15-6-8)16-12-18-17-10(5-14)19-12/h1-4,6H,5H2,(H,16,18). The van der Waals surface area contributed by atoms with Gasteiger partial charge in [-0.25, -0.2) is 0 Å². The van der Waals surface area contributed by atoms with Crippen molar-refractivity contribution in [2.75, 3.05) is 5.32 Å². The first-order valence-electron chi connectivity index (χ1n) is 5.46. The van der Waals surface area contributed by atoms with Gasteiger partial charge in [-0.1, -0.05) is 17.2 Å². The van der Waals surface area contributed by atoms with E-state index in [9.17, 15) is 0 Å². The molecule has 0 radical (unpaired) electrons. The highest BCUT2D eigenvalue weighted by atomic mass is 79.9. The topological polar surface area (TPSA) is 63.8 Å². The van der Waals surface area contributed by atoms with Crippen LogP contribution in [0.4, 0.5) is 11.7 Å². The zero-order valence-electron chi connectivity index (χ0n) is 9.60. The van der Waals surface area contributed by atoms with Crippen molar-refractivity contribution in [1.29, 1.82) is 0 Å². The van der Waals surface area contributed by atoms with E-state index in [4.69, 9.17) is 16.0 Å². The Morgan fingerprint density at radius 3 is 3.00 bits per heavy atom. The molecule has 0 unspecified atom stereocenters. The quantitative estimate of drug-likeness (QED) is 0.734. The Hall–Kier alpha value is -1.66. The molecule has 0 aliphatic rings. The minimum absolute atomic E-state index is 0.190. The number of pyridine rings is 1. The van der Waals surface area contributed by atoms with Crippen LogP contribution in [0.2, 0.25) is 0 Å². The van der Waals surface area contributed by atoms with Crippen LogP contribution in [0, 0.1) is 0 Å². The molecule has 0 saturated carbocycles. The van der Waals surface area contributed by atoms with Crippen molar-refractivity contribution in [3.8, 4) is 0 Å². The van der Waals surface area contributed by atoms with Crippen LogP contribution in [0.15, 0.2) is 39.4 Å². The van der Waals surface area contributed by atoms with Crippen LogP contribution >= 0.6 is 27.5 Å². The third-order valence-electron chi connectivity index (χ3n) is 2.50. The summed E-state index contributed by atoms with van der Waals surface area (Å²) in [5, 5.41) is 11.7. The van der Waals surface area contributed by atoms with E-state index in [2.05, 4.69) is 36.4 Å². The van der Waals surface area contributed by atoms with Crippen molar-refractivity contribution in [3.05, 3.63) is 40.8 Å². The van der Waals surface area contributed by atoms with Crippen molar-refractivity contribution in [3.63, 3.8) is 0 Å². The van der Waals surface area contributed by atoms with Gasteiger partial charge in [-0.15, -0.1) is 16.7 Å². The largest absolute Gasteiger partial charge is 0.407 e. The highest BCUT2D eigenvalue weighted by molar-refractivity contribution is 9.10. The van der Waals surface area contributed by atoms with Gasteiger partial charge < -0.3 is 9.73 Å². The lowest BCUT2D eigenvalue weighted by Crippen LogP contribution is -1.93. The average Bonchev–Trinajstić information content (AvgIpc) is 2.86. The molecule has 3 aromatic rings. The van der Waals surface area contributed by atoms with Gasteiger partial charge >= 0.3 is 6.01 Å². The summed E-state index contributed by atoms with van der Waals surface area (Å²) in [4.78, 5) is 4.38. The predicted octanol–water partition coefficient (Wildman–Crippen LogP) is 3.86. The lowest BCUT2D eigenvalue weighted by molar-refractivity contribution is 0.530. The maximum absolute atomic E-state index is 5.61. The Morgan fingerprint density at radius 1 is 1.32 bits per heavy atom. The molecular weight excluding hydrogens is 332 g/mol. The number of nitrogens with zero attached hydrogens (tertiary/aromatic N) is 3. The number of hydrogen-bond donors (Lipinski definition) is 1. The van der Waals surface area contributed by atoms with E-state index in [1.807, 2.05) is 24.3 Å². The summed E-state index contributed by atoms with van der Waals surface area (Å²) < 4.78 is 6.24. The van der Waals surface area contributed by atoms with Gasteiger partial charge in [0.05, 0.1) is 11.2 Å². The number of nitrogens with one attached hydrogen (secondary N) is 1. The molecule has 1 N–H and O–H groups in total. The zero-order valence-corrected chi connectivity index (χ0v) is 11.9. The molecule has 19 heavy (non-hydrogen) atoms. The Morgan fingerprint density at radius 2 is 2.21 bits per heavy atom. The van der Waals surface area contributed by atoms with Crippen LogP contribution in [-0.2, 0) is 5.88 Å². The van der Waals surface area contributed by atoms with E-state index in [0.717, 1.165) is 21.1 Å². The van der Waals surface area contributed by atoms with Crippen LogP contribution in [0.1, 0.15) is 5.89 Å². The van der Waals surface area contributed by atoms with Crippen LogP contribution in [0.25, 0.3) is 10.9 Å². The lowest BCUT2D eigenvalue weighted by atomic mass is 10.2. The fourth-order valence-corrected chi connectivity index (χ4v) is 2.17. The van der Waals surface area contributed by atoms with Crippen molar-refractivity contribution in [2.24, 2.45) is 0 Å². The van der Waals surface area contributed by atoms with Crippen LogP contribution < -0.4 is 5.32 Å². The Kier molecular flexibility index (Phi) is 3.35. The predicted molar refractivity (Wildman–Crippen MR) is 76.6 cm³/mol. The van der Waals surface area contributed by atoms with Crippen molar-refractivity contribution >= 4 is 50.1 Å². The summed E-state index contributed by atoms with van der Waals surface area (Å²) in [5.74, 6) is 0.565. The van der Waals surface area contributed by atoms with Gasteiger partial charge in [0.15, 0.2) is 0 Å². The highest BCUT2D eigenvalue weighted by Crippen LogP contribution is 2.26. The minimum atomic E-state index is 0.190. The molecule has 0 atom stereocenters. The Balaban J connectivity index is 2.00. The molecule has 2 heterocycles. The summed E-state index contributed by atoms with van der Waals surface area (Å²) in [7, 11) is 0. The van der Waals surface area contributed by atoms with Gasteiger partial charge in [-0.3, -0.25) is 4.98 Å². The molecule has 2 aromatic heterocycles. The molecule has 3 rings (SSSR count). The van der Waals surface area contributed by atoms with E-state index < -0.39 is 0 Å². The van der Waals surface area contributed by atoms with Gasteiger partial charge in [0.1, 0.15) is 5.88 Å². The number of rotatable bonds is 3. The second-order valence-corrected chi connectivity index (χ2v) is 4.97. The molecule has 0 aliphatic heterocycles. The number of anilines is 2. The number of alkyl halides is 1. The van der Waals surface area contributed by atoms with Gasteiger partial charge in [0.2, 0.25) is 5.89 Å². The SMILES string of the molecule is ClCc1nnc(Nc2cccc3cc(Br)cnc23)o1. The molecule has 1 aromatic carbocycles. The van der Waals surface area contributed by atoms with Crippen molar-refractivity contribution < 1.29 is 4.42 Å². The van der Waals surface area contributed by atoms with E-state index >= 15 is 0 Å².